The molecule has 28 heavy (non-hydrogen) atoms. The number of phenolic OH excluding ortho intramolecular Hbond substituents is 1. The lowest BCUT2D eigenvalue weighted by Gasteiger charge is -2.19. The first-order valence-corrected chi connectivity index (χ1v) is 8.54. The van der Waals surface area contributed by atoms with E-state index in [4.69, 9.17) is 0 Å². The SMILES string of the molecule is C[C@H](NCc1cc([N+](=O)[O-])ccc1O)C(=O)N[C@@H](Cc1ccccc1)C(=O)O. The van der Waals surface area contributed by atoms with Crippen molar-refractivity contribution < 1.29 is 24.7 Å². The van der Waals surface area contributed by atoms with Crippen LogP contribution < -0.4 is 10.6 Å². The van der Waals surface area contributed by atoms with Gasteiger partial charge in [-0.3, -0.25) is 14.9 Å². The van der Waals surface area contributed by atoms with E-state index in [9.17, 15) is 29.9 Å². The number of hydrogen-bond acceptors (Lipinski definition) is 6. The van der Waals surface area contributed by atoms with Gasteiger partial charge in [0, 0.05) is 30.7 Å². The maximum Gasteiger partial charge on any atom is 0.326 e. The number of nitro groups is 1. The summed E-state index contributed by atoms with van der Waals surface area (Å²) >= 11 is 0. The second-order valence-corrected chi connectivity index (χ2v) is 6.26. The third-order valence-electron chi connectivity index (χ3n) is 4.16. The number of benzene rings is 2. The van der Waals surface area contributed by atoms with E-state index in [0.717, 1.165) is 5.56 Å². The van der Waals surface area contributed by atoms with Gasteiger partial charge >= 0.3 is 5.97 Å². The number of rotatable bonds is 9. The van der Waals surface area contributed by atoms with Crippen LogP contribution in [0.4, 0.5) is 5.69 Å². The van der Waals surface area contributed by atoms with Gasteiger partial charge in [-0.25, -0.2) is 4.79 Å². The molecule has 1 amide bonds. The number of carbonyl (C=O) groups is 2. The predicted molar refractivity (Wildman–Crippen MR) is 101 cm³/mol. The molecular formula is C19H21N3O6. The van der Waals surface area contributed by atoms with Gasteiger partial charge in [-0.15, -0.1) is 0 Å². The number of non-ortho nitro benzene ring substituents is 1. The lowest BCUT2D eigenvalue weighted by molar-refractivity contribution is -0.384. The Kier molecular flexibility index (Phi) is 7.05. The molecule has 4 N–H and O–H groups in total. The fourth-order valence-corrected chi connectivity index (χ4v) is 2.53. The maximum absolute atomic E-state index is 12.3. The molecule has 0 spiro atoms. The van der Waals surface area contributed by atoms with Crippen molar-refractivity contribution in [2.45, 2.75) is 32.0 Å². The van der Waals surface area contributed by atoms with E-state index in [0.29, 0.717) is 0 Å². The van der Waals surface area contributed by atoms with Gasteiger partial charge in [-0.1, -0.05) is 30.3 Å². The summed E-state index contributed by atoms with van der Waals surface area (Å²) in [5.41, 5.74) is 0.853. The molecule has 0 fully saturated rings. The summed E-state index contributed by atoms with van der Waals surface area (Å²) in [5.74, 6) is -1.83. The molecule has 0 aliphatic carbocycles. The number of aliphatic carboxylic acids is 1. The zero-order valence-corrected chi connectivity index (χ0v) is 15.2. The Balaban J connectivity index is 1.97. The van der Waals surface area contributed by atoms with E-state index in [-0.39, 0.29) is 30.0 Å². The number of nitro benzene ring substituents is 1. The van der Waals surface area contributed by atoms with Gasteiger partial charge in [0.1, 0.15) is 11.8 Å². The van der Waals surface area contributed by atoms with E-state index in [1.807, 2.05) is 6.07 Å². The monoisotopic (exact) mass is 387 g/mol. The fraction of sp³-hybridized carbons (Fsp3) is 0.263. The lowest BCUT2D eigenvalue weighted by Crippen LogP contribution is -2.49. The lowest BCUT2D eigenvalue weighted by atomic mass is 10.1. The number of carboxylic acid groups (broad SMARTS) is 1. The number of aromatic hydroxyl groups is 1. The number of phenols is 1. The largest absolute Gasteiger partial charge is 0.508 e. The van der Waals surface area contributed by atoms with Crippen LogP contribution in [0.25, 0.3) is 0 Å². The second-order valence-electron chi connectivity index (χ2n) is 6.26. The van der Waals surface area contributed by atoms with Crippen molar-refractivity contribution in [1.29, 1.82) is 0 Å². The van der Waals surface area contributed by atoms with Gasteiger partial charge in [0.05, 0.1) is 11.0 Å². The Morgan fingerprint density at radius 3 is 2.46 bits per heavy atom. The number of hydrogen-bond donors (Lipinski definition) is 4. The molecular weight excluding hydrogens is 366 g/mol. The molecule has 2 rings (SSSR count). The van der Waals surface area contributed by atoms with Gasteiger partial charge in [-0.2, -0.15) is 0 Å². The molecule has 9 nitrogen and oxygen atoms in total. The number of nitrogens with one attached hydrogen (secondary N) is 2. The average Bonchev–Trinajstić information content (AvgIpc) is 2.67. The minimum absolute atomic E-state index is 0.00146. The van der Waals surface area contributed by atoms with Crippen LogP contribution in [0, 0.1) is 10.1 Å². The molecule has 0 aromatic heterocycles. The molecule has 0 bridgehead atoms. The molecule has 0 saturated heterocycles. The molecule has 0 saturated carbocycles. The first kappa shape index (κ1) is 20.8. The Bertz CT molecular complexity index is 856. The molecule has 9 heteroatoms. The molecule has 2 atom stereocenters. The Morgan fingerprint density at radius 2 is 1.86 bits per heavy atom. The molecule has 2 aromatic carbocycles. The van der Waals surface area contributed by atoms with Gasteiger partial charge in [0.2, 0.25) is 5.91 Å². The average molecular weight is 387 g/mol. The molecule has 148 valence electrons. The van der Waals surface area contributed by atoms with E-state index < -0.39 is 28.9 Å². The van der Waals surface area contributed by atoms with Crippen LogP contribution >= 0.6 is 0 Å². The van der Waals surface area contributed by atoms with Crippen LogP contribution in [0.3, 0.4) is 0 Å². The predicted octanol–water partition coefficient (Wildman–Crippen LogP) is 1.59. The van der Waals surface area contributed by atoms with Gasteiger partial charge in [0.15, 0.2) is 0 Å². The summed E-state index contributed by atoms with van der Waals surface area (Å²) in [4.78, 5) is 34.0. The van der Waals surface area contributed by atoms with E-state index in [1.165, 1.54) is 25.1 Å². The first-order chi connectivity index (χ1) is 13.3. The maximum atomic E-state index is 12.3. The van der Waals surface area contributed by atoms with Gasteiger partial charge in [0.25, 0.3) is 5.69 Å². The first-order valence-electron chi connectivity index (χ1n) is 8.54. The highest BCUT2D eigenvalue weighted by Crippen LogP contribution is 2.22. The Hall–Kier alpha value is -3.46. The van der Waals surface area contributed by atoms with Crippen molar-refractivity contribution >= 4 is 17.6 Å². The second kappa shape index (κ2) is 9.47. The zero-order valence-electron chi connectivity index (χ0n) is 15.2. The highest BCUT2D eigenvalue weighted by Gasteiger charge is 2.23. The molecule has 0 aliphatic rings. The summed E-state index contributed by atoms with van der Waals surface area (Å²) in [5, 5.41) is 35.3. The van der Waals surface area contributed by atoms with Crippen LogP contribution in [0.1, 0.15) is 18.1 Å². The van der Waals surface area contributed by atoms with Crippen molar-refractivity contribution in [2.75, 3.05) is 0 Å². The summed E-state index contributed by atoms with van der Waals surface area (Å²) in [6, 6.07) is 10.6. The number of carbonyl (C=O) groups excluding carboxylic acids is 1. The normalized spacial score (nSPS) is 12.8. The smallest absolute Gasteiger partial charge is 0.326 e. The van der Waals surface area contributed by atoms with Crippen molar-refractivity contribution in [1.82, 2.24) is 10.6 Å². The number of carboxylic acids is 1. The number of amides is 1. The van der Waals surface area contributed by atoms with Crippen LogP contribution in [0.2, 0.25) is 0 Å². The summed E-state index contributed by atoms with van der Waals surface area (Å²) < 4.78 is 0. The molecule has 0 heterocycles. The van der Waals surface area contributed by atoms with Gasteiger partial charge in [-0.05, 0) is 18.6 Å². The fourth-order valence-electron chi connectivity index (χ4n) is 2.53. The van der Waals surface area contributed by atoms with E-state index in [1.54, 1.807) is 24.3 Å². The minimum atomic E-state index is -1.15. The quantitative estimate of drug-likeness (QED) is 0.378. The molecule has 2 aromatic rings. The standard InChI is InChI=1S/C19H21N3O6/c1-12(20-11-14-10-15(22(27)28)7-8-17(14)23)18(24)21-16(19(25)26)9-13-5-3-2-4-6-13/h2-8,10,12,16,20,23H,9,11H2,1H3,(H,21,24)(H,25,26)/t12-,16-/m0/s1. The van der Waals surface area contributed by atoms with E-state index in [2.05, 4.69) is 10.6 Å². The van der Waals surface area contributed by atoms with Gasteiger partial charge < -0.3 is 20.8 Å². The third-order valence-corrected chi connectivity index (χ3v) is 4.16. The summed E-state index contributed by atoms with van der Waals surface area (Å²) in [6.45, 7) is 1.53. The van der Waals surface area contributed by atoms with Crippen LogP contribution in [-0.4, -0.2) is 39.1 Å². The summed E-state index contributed by atoms with van der Waals surface area (Å²) in [6.07, 6.45) is 0.139. The Morgan fingerprint density at radius 1 is 1.18 bits per heavy atom. The summed E-state index contributed by atoms with van der Waals surface area (Å²) in [7, 11) is 0. The van der Waals surface area contributed by atoms with Crippen molar-refractivity contribution in [3.05, 3.63) is 69.8 Å². The van der Waals surface area contributed by atoms with Crippen molar-refractivity contribution in [2.24, 2.45) is 0 Å². The minimum Gasteiger partial charge on any atom is -0.508 e. The van der Waals surface area contributed by atoms with Crippen LogP contribution in [-0.2, 0) is 22.6 Å². The zero-order chi connectivity index (χ0) is 20.7. The van der Waals surface area contributed by atoms with E-state index >= 15 is 0 Å². The van der Waals surface area contributed by atoms with Crippen molar-refractivity contribution in [3.63, 3.8) is 0 Å². The Labute approximate surface area is 161 Å². The highest BCUT2D eigenvalue weighted by atomic mass is 16.6. The third kappa shape index (κ3) is 5.78. The highest BCUT2D eigenvalue weighted by molar-refractivity contribution is 5.86. The van der Waals surface area contributed by atoms with Crippen LogP contribution in [0.15, 0.2) is 48.5 Å². The molecule has 0 radical (unpaired) electrons. The molecule has 0 unspecified atom stereocenters. The van der Waals surface area contributed by atoms with Crippen molar-refractivity contribution in [3.8, 4) is 5.75 Å². The molecule has 0 aliphatic heterocycles. The number of nitrogens with zero attached hydrogens (tertiary/aromatic N) is 1. The topological polar surface area (TPSA) is 142 Å². The van der Waals surface area contributed by atoms with Crippen LogP contribution in [0.5, 0.6) is 5.75 Å².